The van der Waals surface area contributed by atoms with Crippen molar-refractivity contribution >= 4 is 21.7 Å². The van der Waals surface area contributed by atoms with Crippen LogP contribution in [0.5, 0.6) is 0 Å². The standard InChI is InChI=1S/C22H29N3O3S/c1-17-9-11-21(12-10-17)29(27,28)25-15-4-3-8-20(25)13-14-23-22(26)24-19-7-5-6-18(2)16-19/h5-7,9-12,16,20H,3-4,8,13-15H2,1-2H3,(H2,23,24,26)/t20-/m0/s1. The molecule has 1 aliphatic rings. The normalized spacial score (nSPS) is 17.7. The molecule has 2 N–H and O–H groups in total. The first-order valence-electron chi connectivity index (χ1n) is 10.1. The minimum absolute atomic E-state index is 0.102. The fourth-order valence-corrected chi connectivity index (χ4v) is 5.40. The number of rotatable bonds is 6. The summed E-state index contributed by atoms with van der Waals surface area (Å²) in [6.45, 7) is 4.85. The van der Waals surface area contributed by atoms with Crippen LogP contribution in [0, 0.1) is 13.8 Å². The van der Waals surface area contributed by atoms with Crippen LogP contribution >= 0.6 is 0 Å². The molecule has 3 rings (SSSR count). The Hall–Kier alpha value is -2.38. The van der Waals surface area contributed by atoms with E-state index in [1.54, 1.807) is 16.4 Å². The highest BCUT2D eigenvalue weighted by Crippen LogP contribution is 2.27. The van der Waals surface area contributed by atoms with Crippen molar-refractivity contribution in [2.24, 2.45) is 0 Å². The number of benzene rings is 2. The number of sulfonamides is 1. The van der Waals surface area contributed by atoms with Gasteiger partial charge in [-0.2, -0.15) is 4.31 Å². The van der Waals surface area contributed by atoms with Crippen molar-refractivity contribution in [1.82, 2.24) is 9.62 Å². The third-order valence-electron chi connectivity index (χ3n) is 5.24. The van der Waals surface area contributed by atoms with Crippen molar-refractivity contribution in [2.75, 3.05) is 18.4 Å². The Labute approximate surface area is 173 Å². The lowest BCUT2D eigenvalue weighted by Crippen LogP contribution is -2.45. The van der Waals surface area contributed by atoms with Gasteiger partial charge in [0.15, 0.2) is 0 Å². The molecule has 2 aromatic rings. The number of amides is 2. The Balaban J connectivity index is 1.58. The Bertz CT molecular complexity index is 942. The molecule has 0 saturated carbocycles. The van der Waals surface area contributed by atoms with E-state index in [0.717, 1.165) is 36.1 Å². The summed E-state index contributed by atoms with van der Waals surface area (Å²) >= 11 is 0. The molecule has 0 aliphatic carbocycles. The summed E-state index contributed by atoms with van der Waals surface area (Å²) in [6.07, 6.45) is 3.27. The van der Waals surface area contributed by atoms with Gasteiger partial charge < -0.3 is 10.6 Å². The zero-order valence-electron chi connectivity index (χ0n) is 17.0. The molecule has 0 spiro atoms. The predicted octanol–water partition coefficient (Wildman–Crippen LogP) is 4.06. The lowest BCUT2D eigenvalue weighted by Gasteiger charge is -2.34. The van der Waals surface area contributed by atoms with Crippen molar-refractivity contribution in [1.29, 1.82) is 0 Å². The molecule has 0 radical (unpaired) electrons. The van der Waals surface area contributed by atoms with E-state index in [0.29, 0.717) is 24.4 Å². The molecule has 0 unspecified atom stereocenters. The molecule has 29 heavy (non-hydrogen) atoms. The summed E-state index contributed by atoms with van der Waals surface area (Å²) in [6, 6.07) is 14.2. The third kappa shape index (κ3) is 5.58. The molecule has 1 saturated heterocycles. The summed E-state index contributed by atoms with van der Waals surface area (Å²) in [7, 11) is -3.53. The first-order valence-corrected chi connectivity index (χ1v) is 11.5. The van der Waals surface area contributed by atoms with Gasteiger partial charge in [-0.05, 0) is 62.9 Å². The lowest BCUT2D eigenvalue weighted by atomic mass is 10.0. The van der Waals surface area contributed by atoms with Crippen LogP contribution in [-0.4, -0.2) is 37.9 Å². The minimum atomic E-state index is -3.53. The minimum Gasteiger partial charge on any atom is -0.338 e. The number of nitrogens with zero attached hydrogens (tertiary/aromatic N) is 1. The zero-order valence-corrected chi connectivity index (χ0v) is 17.8. The van der Waals surface area contributed by atoms with Gasteiger partial charge in [0.05, 0.1) is 4.90 Å². The fourth-order valence-electron chi connectivity index (χ4n) is 3.67. The van der Waals surface area contributed by atoms with Crippen molar-refractivity contribution in [3.05, 3.63) is 59.7 Å². The van der Waals surface area contributed by atoms with Gasteiger partial charge in [0.1, 0.15) is 0 Å². The maximum absolute atomic E-state index is 13.1. The largest absolute Gasteiger partial charge is 0.338 e. The Morgan fingerprint density at radius 1 is 1.07 bits per heavy atom. The Morgan fingerprint density at radius 2 is 1.83 bits per heavy atom. The Kier molecular flexibility index (Phi) is 6.92. The third-order valence-corrected chi connectivity index (χ3v) is 7.21. The van der Waals surface area contributed by atoms with Crippen LogP contribution < -0.4 is 10.6 Å². The molecule has 2 aromatic carbocycles. The molecular weight excluding hydrogens is 386 g/mol. The summed E-state index contributed by atoms with van der Waals surface area (Å²) in [5.41, 5.74) is 2.84. The van der Waals surface area contributed by atoms with E-state index in [1.807, 2.05) is 50.2 Å². The highest BCUT2D eigenvalue weighted by atomic mass is 32.2. The SMILES string of the molecule is Cc1ccc(S(=O)(=O)N2CCCC[C@H]2CCNC(=O)Nc2cccc(C)c2)cc1. The second-order valence-electron chi connectivity index (χ2n) is 7.62. The number of hydrogen-bond donors (Lipinski definition) is 2. The van der Waals surface area contributed by atoms with Crippen molar-refractivity contribution in [2.45, 2.75) is 50.5 Å². The summed E-state index contributed by atoms with van der Waals surface area (Å²) in [5, 5.41) is 5.66. The summed E-state index contributed by atoms with van der Waals surface area (Å²) in [4.78, 5) is 12.5. The smallest absolute Gasteiger partial charge is 0.319 e. The van der Waals surface area contributed by atoms with Crippen LogP contribution in [0.4, 0.5) is 10.5 Å². The molecule has 1 heterocycles. The van der Waals surface area contributed by atoms with Gasteiger partial charge in [-0.1, -0.05) is 36.2 Å². The molecule has 1 aliphatic heterocycles. The van der Waals surface area contributed by atoms with E-state index in [4.69, 9.17) is 0 Å². The Morgan fingerprint density at radius 3 is 2.55 bits per heavy atom. The molecular formula is C22H29N3O3S. The van der Waals surface area contributed by atoms with Gasteiger partial charge in [0, 0.05) is 24.8 Å². The lowest BCUT2D eigenvalue weighted by molar-refractivity contribution is 0.234. The molecule has 7 heteroatoms. The number of hydrogen-bond acceptors (Lipinski definition) is 3. The molecule has 1 fully saturated rings. The topological polar surface area (TPSA) is 78.5 Å². The van der Waals surface area contributed by atoms with Crippen molar-refractivity contribution < 1.29 is 13.2 Å². The number of piperidine rings is 1. The van der Waals surface area contributed by atoms with Crippen molar-refractivity contribution in [3.8, 4) is 0 Å². The van der Waals surface area contributed by atoms with Crippen LogP contribution in [-0.2, 0) is 10.0 Å². The van der Waals surface area contributed by atoms with E-state index in [9.17, 15) is 13.2 Å². The first-order chi connectivity index (χ1) is 13.9. The fraction of sp³-hybridized carbons (Fsp3) is 0.409. The van der Waals surface area contributed by atoms with E-state index < -0.39 is 10.0 Å². The quantitative estimate of drug-likeness (QED) is 0.747. The number of nitrogens with one attached hydrogen (secondary N) is 2. The summed E-state index contributed by atoms with van der Waals surface area (Å²) in [5.74, 6) is 0. The second kappa shape index (κ2) is 9.41. The number of urea groups is 1. The van der Waals surface area contributed by atoms with E-state index in [-0.39, 0.29) is 12.1 Å². The second-order valence-corrected chi connectivity index (χ2v) is 9.51. The molecule has 0 bridgehead atoms. The highest BCUT2D eigenvalue weighted by molar-refractivity contribution is 7.89. The molecule has 2 amide bonds. The van der Waals surface area contributed by atoms with E-state index in [1.165, 1.54) is 0 Å². The van der Waals surface area contributed by atoms with E-state index in [2.05, 4.69) is 10.6 Å². The monoisotopic (exact) mass is 415 g/mol. The predicted molar refractivity (Wildman–Crippen MR) is 116 cm³/mol. The van der Waals surface area contributed by atoms with Gasteiger partial charge >= 0.3 is 6.03 Å². The number of carbonyl (C=O) groups excluding carboxylic acids is 1. The van der Waals surface area contributed by atoms with Gasteiger partial charge in [0.25, 0.3) is 0 Å². The zero-order chi connectivity index (χ0) is 20.9. The van der Waals surface area contributed by atoms with Gasteiger partial charge in [0.2, 0.25) is 10.0 Å². The number of carbonyl (C=O) groups is 1. The molecule has 6 nitrogen and oxygen atoms in total. The van der Waals surface area contributed by atoms with Crippen LogP contribution in [0.3, 0.4) is 0 Å². The first kappa shape index (κ1) is 21.3. The molecule has 156 valence electrons. The highest BCUT2D eigenvalue weighted by Gasteiger charge is 2.33. The van der Waals surface area contributed by atoms with Crippen LogP contribution in [0.1, 0.15) is 36.8 Å². The molecule has 1 atom stereocenters. The van der Waals surface area contributed by atoms with Crippen LogP contribution in [0.15, 0.2) is 53.4 Å². The van der Waals surface area contributed by atoms with Crippen LogP contribution in [0.2, 0.25) is 0 Å². The maximum atomic E-state index is 13.1. The van der Waals surface area contributed by atoms with Crippen molar-refractivity contribution in [3.63, 3.8) is 0 Å². The van der Waals surface area contributed by atoms with Gasteiger partial charge in [-0.25, -0.2) is 13.2 Å². The van der Waals surface area contributed by atoms with Gasteiger partial charge in [-0.3, -0.25) is 0 Å². The number of anilines is 1. The van der Waals surface area contributed by atoms with Crippen LogP contribution in [0.25, 0.3) is 0 Å². The number of aryl methyl sites for hydroxylation is 2. The summed E-state index contributed by atoms with van der Waals surface area (Å²) < 4.78 is 27.8. The maximum Gasteiger partial charge on any atom is 0.319 e. The average Bonchev–Trinajstić information content (AvgIpc) is 2.68. The molecule has 0 aromatic heterocycles. The average molecular weight is 416 g/mol. The van der Waals surface area contributed by atoms with Gasteiger partial charge in [-0.15, -0.1) is 0 Å². The van der Waals surface area contributed by atoms with E-state index >= 15 is 0 Å².